The summed E-state index contributed by atoms with van der Waals surface area (Å²) in [5.74, 6) is -1.08. The average Bonchev–Trinajstić information content (AvgIpc) is 2.29. The van der Waals surface area contributed by atoms with Gasteiger partial charge in [0, 0.05) is 6.54 Å². The number of carboxylic acid groups (broad SMARTS) is 1. The number of anilines is 1. The van der Waals surface area contributed by atoms with E-state index in [-0.39, 0.29) is 12.2 Å². The molecule has 0 aromatic heterocycles. The summed E-state index contributed by atoms with van der Waals surface area (Å²) in [4.78, 5) is 10.4. The Balaban J connectivity index is 2.89. The molecule has 4 nitrogen and oxygen atoms in total. The molecule has 2 N–H and O–H groups in total. The molecule has 1 aromatic carbocycles. The molecule has 100 valence electrons. The normalized spacial score (nSPS) is 11.3. The predicted octanol–water partition coefficient (Wildman–Crippen LogP) is 2.12. The third-order valence-electron chi connectivity index (χ3n) is 2.22. The van der Waals surface area contributed by atoms with Crippen LogP contribution in [-0.2, 0) is 11.0 Å². The van der Waals surface area contributed by atoms with Crippen LogP contribution in [0.4, 0.5) is 18.9 Å². The SMILES string of the molecule is CCN(NCC(=O)O)c1cccc(C(F)(F)F)c1. The zero-order valence-electron chi connectivity index (χ0n) is 9.66. The molecule has 0 bridgehead atoms. The number of halogens is 3. The van der Waals surface area contributed by atoms with Gasteiger partial charge in [-0.05, 0) is 25.1 Å². The monoisotopic (exact) mass is 262 g/mol. The van der Waals surface area contributed by atoms with Gasteiger partial charge in [-0.3, -0.25) is 4.79 Å². The molecule has 0 aliphatic heterocycles. The van der Waals surface area contributed by atoms with Gasteiger partial charge in [-0.25, -0.2) is 5.43 Å². The van der Waals surface area contributed by atoms with Gasteiger partial charge in [0.1, 0.15) is 6.54 Å². The van der Waals surface area contributed by atoms with Gasteiger partial charge in [0.15, 0.2) is 0 Å². The van der Waals surface area contributed by atoms with Crippen LogP contribution in [0.5, 0.6) is 0 Å². The van der Waals surface area contributed by atoms with Crippen molar-refractivity contribution in [1.82, 2.24) is 5.43 Å². The molecule has 0 aliphatic carbocycles. The summed E-state index contributed by atoms with van der Waals surface area (Å²) in [5, 5.41) is 9.87. The molecule has 0 fully saturated rings. The van der Waals surface area contributed by atoms with Crippen molar-refractivity contribution in [3.8, 4) is 0 Å². The van der Waals surface area contributed by atoms with E-state index in [0.29, 0.717) is 6.54 Å². The summed E-state index contributed by atoms with van der Waals surface area (Å²) in [7, 11) is 0. The maximum Gasteiger partial charge on any atom is 0.416 e. The smallest absolute Gasteiger partial charge is 0.416 e. The van der Waals surface area contributed by atoms with Crippen molar-refractivity contribution in [3.63, 3.8) is 0 Å². The van der Waals surface area contributed by atoms with Gasteiger partial charge in [0.05, 0.1) is 11.3 Å². The highest BCUT2D eigenvalue weighted by Gasteiger charge is 2.30. The topological polar surface area (TPSA) is 52.6 Å². The first kappa shape index (κ1) is 14.3. The zero-order valence-corrected chi connectivity index (χ0v) is 9.66. The Hall–Kier alpha value is -1.76. The second kappa shape index (κ2) is 5.72. The van der Waals surface area contributed by atoms with Crippen LogP contribution in [0.2, 0.25) is 0 Å². The molecule has 18 heavy (non-hydrogen) atoms. The minimum absolute atomic E-state index is 0.272. The van der Waals surface area contributed by atoms with Crippen molar-refractivity contribution >= 4 is 11.7 Å². The second-order valence-electron chi connectivity index (χ2n) is 3.52. The number of nitrogens with zero attached hydrogens (tertiary/aromatic N) is 1. The van der Waals surface area contributed by atoms with E-state index in [9.17, 15) is 18.0 Å². The summed E-state index contributed by atoms with van der Waals surface area (Å²) in [6.07, 6.45) is -4.41. The maximum atomic E-state index is 12.5. The second-order valence-corrected chi connectivity index (χ2v) is 3.52. The van der Waals surface area contributed by atoms with Crippen molar-refractivity contribution in [3.05, 3.63) is 29.8 Å². The minimum Gasteiger partial charge on any atom is -0.480 e. The minimum atomic E-state index is -4.41. The summed E-state index contributed by atoms with van der Waals surface area (Å²) < 4.78 is 37.5. The lowest BCUT2D eigenvalue weighted by Gasteiger charge is -2.23. The number of rotatable bonds is 5. The maximum absolute atomic E-state index is 12.5. The third kappa shape index (κ3) is 3.92. The Morgan fingerprint density at radius 3 is 2.61 bits per heavy atom. The molecule has 1 rings (SSSR count). The van der Waals surface area contributed by atoms with Gasteiger partial charge < -0.3 is 10.1 Å². The molecule has 0 saturated heterocycles. The van der Waals surface area contributed by atoms with Crippen molar-refractivity contribution in [1.29, 1.82) is 0 Å². The van der Waals surface area contributed by atoms with Crippen LogP contribution < -0.4 is 10.4 Å². The molecule has 0 aliphatic rings. The number of hydrazine groups is 1. The van der Waals surface area contributed by atoms with Crippen LogP contribution in [0.25, 0.3) is 0 Å². The van der Waals surface area contributed by atoms with Gasteiger partial charge in [0.2, 0.25) is 0 Å². The summed E-state index contributed by atoms with van der Waals surface area (Å²) in [5.41, 5.74) is 2.03. The lowest BCUT2D eigenvalue weighted by atomic mass is 10.2. The number of aliphatic carboxylic acids is 1. The molecule has 0 radical (unpaired) electrons. The molecule has 0 unspecified atom stereocenters. The summed E-state index contributed by atoms with van der Waals surface area (Å²) in [6, 6.07) is 4.70. The number of alkyl halides is 3. The molecular weight excluding hydrogens is 249 g/mol. The third-order valence-corrected chi connectivity index (χ3v) is 2.22. The van der Waals surface area contributed by atoms with Gasteiger partial charge in [-0.15, -0.1) is 0 Å². The molecular formula is C11H13F3N2O2. The van der Waals surface area contributed by atoms with Crippen molar-refractivity contribution < 1.29 is 23.1 Å². The van der Waals surface area contributed by atoms with Crippen molar-refractivity contribution in [2.45, 2.75) is 13.1 Å². The highest BCUT2D eigenvalue weighted by molar-refractivity contribution is 5.69. The van der Waals surface area contributed by atoms with E-state index in [0.717, 1.165) is 12.1 Å². The van der Waals surface area contributed by atoms with Crippen LogP contribution in [0.3, 0.4) is 0 Å². The van der Waals surface area contributed by atoms with Crippen molar-refractivity contribution in [2.75, 3.05) is 18.1 Å². The van der Waals surface area contributed by atoms with E-state index in [2.05, 4.69) is 5.43 Å². The highest BCUT2D eigenvalue weighted by Crippen LogP contribution is 2.31. The Bertz CT molecular complexity index is 421. The molecule has 7 heteroatoms. The Kier molecular flexibility index (Phi) is 4.55. The quantitative estimate of drug-likeness (QED) is 0.798. The van der Waals surface area contributed by atoms with E-state index in [1.165, 1.54) is 17.1 Å². The number of carboxylic acids is 1. The summed E-state index contributed by atoms with van der Waals surface area (Å²) in [6.45, 7) is 1.69. The standard InChI is InChI=1S/C11H13F3N2O2/c1-2-16(15-7-10(17)18)9-5-3-4-8(6-9)11(12,13)14/h3-6,15H,2,7H2,1H3,(H,17,18). The summed E-state index contributed by atoms with van der Waals surface area (Å²) >= 11 is 0. The van der Waals surface area contributed by atoms with Crippen LogP contribution in [0, 0.1) is 0 Å². The molecule has 1 aromatic rings. The van der Waals surface area contributed by atoms with Gasteiger partial charge >= 0.3 is 12.1 Å². The Morgan fingerprint density at radius 2 is 2.11 bits per heavy atom. The van der Waals surface area contributed by atoms with Crippen LogP contribution in [-0.4, -0.2) is 24.2 Å². The van der Waals surface area contributed by atoms with E-state index in [4.69, 9.17) is 5.11 Å². The lowest BCUT2D eigenvalue weighted by Crippen LogP contribution is -2.41. The van der Waals surface area contributed by atoms with Gasteiger partial charge in [-0.1, -0.05) is 6.07 Å². The van der Waals surface area contributed by atoms with E-state index in [1.54, 1.807) is 6.92 Å². The molecule has 0 amide bonds. The van der Waals surface area contributed by atoms with E-state index < -0.39 is 17.7 Å². The van der Waals surface area contributed by atoms with Crippen molar-refractivity contribution in [2.24, 2.45) is 0 Å². The molecule has 0 spiro atoms. The first-order valence-electron chi connectivity index (χ1n) is 5.24. The van der Waals surface area contributed by atoms with Crippen LogP contribution in [0.15, 0.2) is 24.3 Å². The Morgan fingerprint density at radius 1 is 1.44 bits per heavy atom. The average molecular weight is 262 g/mol. The van der Waals surface area contributed by atoms with Gasteiger partial charge in [-0.2, -0.15) is 13.2 Å². The van der Waals surface area contributed by atoms with Crippen LogP contribution >= 0.6 is 0 Å². The first-order valence-corrected chi connectivity index (χ1v) is 5.24. The largest absolute Gasteiger partial charge is 0.480 e. The zero-order chi connectivity index (χ0) is 13.8. The fraction of sp³-hybridized carbons (Fsp3) is 0.364. The van der Waals surface area contributed by atoms with Gasteiger partial charge in [0.25, 0.3) is 0 Å². The fourth-order valence-corrected chi connectivity index (χ4v) is 1.40. The predicted molar refractivity (Wildman–Crippen MR) is 60.1 cm³/mol. The molecule has 0 heterocycles. The Labute approximate surface area is 102 Å². The highest BCUT2D eigenvalue weighted by atomic mass is 19.4. The number of hydrogen-bond donors (Lipinski definition) is 2. The number of hydrogen-bond acceptors (Lipinski definition) is 3. The molecule has 0 atom stereocenters. The van der Waals surface area contributed by atoms with E-state index in [1.807, 2.05) is 0 Å². The number of carbonyl (C=O) groups is 1. The lowest BCUT2D eigenvalue weighted by molar-refractivity contribution is -0.138. The number of nitrogens with one attached hydrogen (secondary N) is 1. The number of benzene rings is 1. The van der Waals surface area contributed by atoms with Crippen LogP contribution in [0.1, 0.15) is 12.5 Å². The first-order chi connectivity index (χ1) is 8.34. The van der Waals surface area contributed by atoms with E-state index >= 15 is 0 Å². The fourth-order valence-electron chi connectivity index (χ4n) is 1.40. The molecule has 0 saturated carbocycles.